The van der Waals surface area contributed by atoms with Crippen LogP contribution in [-0.2, 0) is 16.2 Å². The third kappa shape index (κ3) is 5.24. The molecule has 24 heavy (non-hydrogen) atoms. The fourth-order valence-corrected chi connectivity index (χ4v) is 1.96. The first-order chi connectivity index (χ1) is 11.4. The molecule has 0 radical (unpaired) electrons. The largest absolute Gasteiger partial charge is 0.489 e. The summed E-state index contributed by atoms with van der Waals surface area (Å²) in [6.45, 7) is 1.46. The number of halogens is 1. The van der Waals surface area contributed by atoms with Crippen molar-refractivity contribution in [3.63, 3.8) is 0 Å². The quantitative estimate of drug-likeness (QED) is 0.799. The van der Waals surface area contributed by atoms with E-state index in [0.29, 0.717) is 16.9 Å². The monoisotopic (exact) mass is 329 g/mol. The van der Waals surface area contributed by atoms with Crippen LogP contribution < -0.4 is 10.1 Å². The molecule has 1 amide bonds. The summed E-state index contributed by atoms with van der Waals surface area (Å²) in [4.78, 5) is 22.0. The number of hydrogen-bond acceptors (Lipinski definition) is 3. The minimum Gasteiger partial charge on any atom is -0.489 e. The van der Waals surface area contributed by atoms with Gasteiger partial charge in [-0.05, 0) is 41.5 Å². The smallest absolute Gasteiger partial charge is 0.352 e. The molecule has 0 saturated carbocycles. The maximum absolute atomic E-state index is 13.1. The Balaban J connectivity index is 2.04. The Labute approximate surface area is 138 Å². The molecule has 0 heterocycles. The summed E-state index contributed by atoms with van der Waals surface area (Å²) in [7, 11) is 0. The highest BCUT2D eigenvalue weighted by Crippen LogP contribution is 2.16. The van der Waals surface area contributed by atoms with E-state index in [1.54, 1.807) is 36.4 Å². The number of hydrogen-bond donors (Lipinski definition) is 2. The van der Waals surface area contributed by atoms with Gasteiger partial charge in [0.1, 0.15) is 23.9 Å². The van der Waals surface area contributed by atoms with Gasteiger partial charge in [-0.1, -0.05) is 24.3 Å². The van der Waals surface area contributed by atoms with Crippen LogP contribution >= 0.6 is 0 Å². The van der Waals surface area contributed by atoms with Crippen molar-refractivity contribution in [2.45, 2.75) is 13.5 Å². The number of carbonyl (C=O) groups excluding carboxylic acids is 1. The van der Waals surface area contributed by atoms with Crippen molar-refractivity contribution in [1.82, 2.24) is 5.32 Å². The summed E-state index contributed by atoms with van der Waals surface area (Å²) in [5.41, 5.74) is 1.09. The molecule has 124 valence electrons. The highest BCUT2D eigenvalue weighted by atomic mass is 19.1. The molecular formula is C18H16FNO4. The van der Waals surface area contributed by atoms with E-state index in [1.165, 1.54) is 25.1 Å². The standard InChI is InChI=1S/C18H16FNO4/c1-12(21)20-17(18(22)23)10-13-5-7-16(8-6-13)24-11-14-3-2-4-15(19)9-14/h2-10H,11H2,1H3,(H,20,21)(H,22,23)/b17-10+. The zero-order valence-corrected chi connectivity index (χ0v) is 13.0. The molecule has 0 aromatic heterocycles. The molecular weight excluding hydrogens is 313 g/mol. The average molecular weight is 329 g/mol. The fraction of sp³-hybridized carbons (Fsp3) is 0.111. The van der Waals surface area contributed by atoms with Gasteiger partial charge in [0.05, 0.1) is 0 Å². The van der Waals surface area contributed by atoms with Crippen LogP contribution in [0.4, 0.5) is 4.39 Å². The number of carboxylic acid groups (broad SMARTS) is 1. The van der Waals surface area contributed by atoms with E-state index in [4.69, 9.17) is 9.84 Å². The van der Waals surface area contributed by atoms with Crippen LogP contribution in [0, 0.1) is 5.82 Å². The molecule has 5 nitrogen and oxygen atoms in total. The molecule has 0 saturated heterocycles. The van der Waals surface area contributed by atoms with Crippen LogP contribution in [0.25, 0.3) is 6.08 Å². The Morgan fingerprint density at radius 3 is 2.50 bits per heavy atom. The summed E-state index contributed by atoms with van der Waals surface area (Å²) in [6, 6.07) is 12.8. The summed E-state index contributed by atoms with van der Waals surface area (Å²) in [5.74, 6) is -1.45. The summed E-state index contributed by atoms with van der Waals surface area (Å²) in [5, 5.41) is 11.3. The molecule has 2 aromatic carbocycles. The van der Waals surface area contributed by atoms with Gasteiger partial charge in [-0.3, -0.25) is 4.79 Å². The number of rotatable bonds is 6. The average Bonchev–Trinajstić information content (AvgIpc) is 2.53. The Morgan fingerprint density at radius 1 is 1.21 bits per heavy atom. The number of benzene rings is 2. The van der Waals surface area contributed by atoms with Crippen LogP contribution in [0.1, 0.15) is 18.1 Å². The molecule has 0 spiro atoms. The predicted molar refractivity (Wildman–Crippen MR) is 86.6 cm³/mol. The van der Waals surface area contributed by atoms with Crippen LogP contribution in [0.5, 0.6) is 5.75 Å². The second-order valence-corrected chi connectivity index (χ2v) is 5.03. The van der Waals surface area contributed by atoms with Crippen LogP contribution in [0.2, 0.25) is 0 Å². The Bertz CT molecular complexity index is 769. The second-order valence-electron chi connectivity index (χ2n) is 5.03. The molecule has 0 fully saturated rings. The van der Waals surface area contributed by atoms with Gasteiger partial charge in [0, 0.05) is 6.92 Å². The summed E-state index contributed by atoms with van der Waals surface area (Å²) in [6.07, 6.45) is 1.35. The molecule has 0 aliphatic carbocycles. The second kappa shape index (κ2) is 7.92. The number of amides is 1. The van der Waals surface area contributed by atoms with Crippen LogP contribution in [0.15, 0.2) is 54.2 Å². The Morgan fingerprint density at radius 2 is 1.92 bits per heavy atom. The molecule has 0 aliphatic heterocycles. The van der Waals surface area contributed by atoms with Gasteiger partial charge in [0.15, 0.2) is 0 Å². The van der Waals surface area contributed by atoms with E-state index in [-0.39, 0.29) is 18.1 Å². The van der Waals surface area contributed by atoms with Gasteiger partial charge in [-0.2, -0.15) is 0 Å². The zero-order valence-electron chi connectivity index (χ0n) is 13.0. The molecule has 6 heteroatoms. The molecule has 0 bridgehead atoms. The maximum Gasteiger partial charge on any atom is 0.352 e. The third-order valence-corrected chi connectivity index (χ3v) is 3.03. The lowest BCUT2D eigenvalue weighted by Crippen LogP contribution is -2.24. The highest BCUT2D eigenvalue weighted by Gasteiger charge is 2.08. The highest BCUT2D eigenvalue weighted by molar-refractivity contribution is 5.96. The first-order valence-corrected chi connectivity index (χ1v) is 7.14. The van der Waals surface area contributed by atoms with Crippen molar-refractivity contribution in [2.24, 2.45) is 0 Å². The van der Waals surface area contributed by atoms with Crippen molar-refractivity contribution in [3.8, 4) is 5.75 Å². The first-order valence-electron chi connectivity index (χ1n) is 7.14. The van der Waals surface area contributed by atoms with Crippen molar-refractivity contribution in [1.29, 1.82) is 0 Å². The van der Waals surface area contributed by atoms with E-state index in [9.17, 15) is 14.0 Å². The number of aliphatic carboxylic acids is 1. The van der Waals surface area contributed by atoms with Crippen molar-refractivity contribution in [2.75, 3.05) is 0 Å². The predicted octanol–water partition coefficient (Wildman–Crippen LogP) is 2.97. The molecule has 2 N–H and O–H groups in total. The molecule has 0 atom stereocenters. The van der Waals surface area contributed by atoms with Crippen molar-refractivity contribution >= 4 is 18.0 Å². The van der Waals surface area contributed by atoms with E-state index in [0.717, 1.165) is 0 Å². The van der Waals surface area contributed by atoms with Gasteiger partial charge in [-0.15, -0.1) is 0 Å². The number of ether oxygens (including phenoxy) is 1. The normalized spacial score (nSPS) is 11.0. The molecule has 2 aromatic rings. The van der Waals surface area contributed by atoms with E-state index < -0.39 is 11.9 Å². The third-order valence-electron chi connectivity index (χ3n) is 3.03. The van der Waals surface area contributed by atoms with Gasteiger partial charge >= 0.3 is 5.97 Å². The lowest BCUT2D eigenvalue weighted by molar-refractivity contribution is -0.134. The van der Waals surface area contributed by atoms with Crippen molar-refractivity contribution < 1.29 is 23.8 Å². The maximum atomic E-state index is 13.1. The zero-order chi connectivity index (χ0) is 17.5. The van der Waals surface area contributed by atoms with E-state index in [1.807, 2.05) is 0 Å². The van der Waals surface area contributed by atoms with Gasteiger partial charge in [-0.25, -0.2) is 9.18 Å². The van der Waals surface area contributed by atoms with E-state index in [2.05, 4.69) is 5.32 Å². The lowest BCUT2D eigenvalue weighted by atomic mass is 10.2. The van der Waals surface area contributed by atoms with Gasteiger partial charge in [0.2, 0.25) is 5.91 Å². The van der Waals surface area contributed by atoms with E-state index >= 15 is 0 Å². The molecule has 0 aliphatic rings. The lowest BCUT2D eigenvalue weighted by Gasteiger charge is -2.07. The minimum atomic E-state index is -1.23. The van der Waals surface area contributed by atoms with Crippen LogP contribution in [-0.4, -0.2) is 17.0 Å². The number of carbonyl (C=O) groups is 2. The summed E-state index contributed by atoms with van der Waals surface area (Å²) >= 11 is 0. The number of carboxylic acids is 1. The first kappa shape index (κ1) is 17.2. The van der Waals surface area contributed by atoms with Crippen molar-refractivity contribution in [3.05, 3.63) is 71.2 Å². The minimum absolute atomic E-state index is 0.212. The summed E-state index contributed by atoms with van der Waals surface area (Å²) < 4.78 is 18.6. The van der Waals surface area contributed by atoms with Gasteiger partial charge < -0.3 is 15.2 Å². The topological polar surface area (TPSA) is 75.6 Å². The molecule has 2 rings (SSSR count). The Hall–Kier alpha value is -3.15. The van der Waals surface area contributed by atoms with Crippen LogP contribution in [0.3, 0.4) is 0 Å². The molecule has 0 unspecified atom stereocenters. The number of nitrogens with one attached hydrogen (secondary N) is 1. The van der Waals surface area contributed by atoms with Gasteiger partial charge in [0.25, 0.3) is 0 Å². The SMILES string of the molecule is CC(=O)N/C(=C/c1ccc(OCc2cccc(F)c2)cc1)C(=O)O. The Kier molecular flexibility index (Phi) is 5.68. The fourth-order valence-electron chi connectivity index (χ4n) is 1.96.